The first-order chi connectivity index (χ1) is 27.3. The van der Waals surface area contributed by atoms with Gasteiger partial charge in [0.05, 0.1) is 29.9 Å². The number of anilines is 1. The second-order valence-electron chi connectivity index (χ2n) is 17.9. The van der Waals surface area contributed by atoms with Crippen LogP contribution in [-0.2, 0) is 30.0 Å². The van der Waals surface area contributed by atoms with E-state index in [1.807, 2.05) is 71.0 Å². The monoisotopic (exact) mass is 831 g/mol. The van der Waals surface area contributed by atoms with Gasteiger partial charge in [0, 0.05) is 51.1 Å². The average Bonchev–Trinajstić information content (AvgIpc) is 3.23. The van der Waals surface area contributed by atoms with Crippen molar-refractivity contribution < 1.29 is 47.4 Å². The molecule has 3 aliphatic carbocycles. The van der Waals surface area contributed by atoms with E-state index in [9.17, 15) is 19.1 Å². The van der Waals surface area contributed by atoms with Gasteiger partial charge in [0.2, 0.25) is 0 Å². The summed E-state index contributed by atoms with van der Waals surface area (Å²) in [7, 11) is -3.84. The maximum absolute atomic E-state index is 15.5. The molecule has 3 N–H and O–H groups in total. The number of phosphoric ester groups is 1. The highest BCUT2D eigenvalue weighted by molar-refractivity contribution is 8.00. The maximum Gasteiger partial charge on any atom is 0.524 e. The zero-order valence-electron chi connectivity index (χ0n) is 34.6. The Balaban J connectivity index is 1.46. The fourth-order valence-electron chi connectivity index (χ4n) is 10.7. The molecule has 4 fully saturated rings. The quantitative estimate of drug-likeness (QED) is 0.0907. The fraction of sp³-hybridized carbons (Fsp3) is 0.511. The number of rotatable bonds is 10. The van der Waals surface area contributed by atoms with Gasteiger partial charge in [-0.3, -0.25) is 14.6 Å². The summed E-state index contributed by atoms with van der Waals surface area (Å²) in [6.45, 7) is 15.8. The van der Waals surface area contributed by atoms with Crippen LogP contribution in [0.25, 0.3) is 6.08 Å². The molecule has 1 spiro atoms. The number of allylic oxidation sites excluding steroid dienone is 4. The van der Waals surface area contributed by atoms with Crippen molar-refractivity contribution in [1.29, 1.82) is 0 Å². The Labute approximate surface area is 344 Å². The summed E-state index contributed by atoms with van der Waals surface area (Å²) < 4.78 is 45.9. The molecular weight excluding hydrogens is 778 g/mol. The molecule has 8 unspecified atom stereocenters. The minimum Gasteiger partial charge on any atom is -0.482 e. The van der Waals surface area contributed by atoms with E-state index >= 15 is 4.79 Å². The predicted octanol–water partition coefficient (Wildman–Crippen LogP) is 9.23. The number of carbonyl (C=O) groups is 2. The second-order valence-corrected chi connectivity index (χ2v) is 20.3. The number of thioether (sulfide) groups is 1. The van der Waals surface area contributed by atoms with E-state index in [1.54, 1.807) is 24.8 Å². The fourth-order valence-corrected chi connectivity index (χ4v) is 12.7. The molecule has 0 aromatic heterocycles. The number of phosphoric acid groups is 1. The minimum absolute atomic E-state index is 0.0202. The Bertz CT molecular complexity index is 2270. The van der Waals surface area contributed by atoms with Gasteiger partial charge in [-0.25, -0.2) is 9.36 Å². The van der Waals surface area contributed by atoms with Crippen molar-refractivity contribution in [2.75, 3.05) is 12.4 Å². The number of hydrogen-bond acceptors (Lipinski definition) is 10. The lowest BCUT2D eigenvalue weighted by Gasteiger charge is -2.65. The second kappa shape index (κ2) is 14.2. The van der Waals surface area contributed by atoms with Gasteiger partial charge in [-0.1, -0.05) is 41.5 Å². The normalized spacial score (nSPS) is 31.9. The highest BCUT2D eigenvalue weighted by atomic mass is 32.2. The van der Waals surface area contributed by atoms with Crippen LogP contribution in [0.2, 0.25) is 0 Å². The van der Waals surface area contributed by atoms with Gasteiger partial charge in [-0.05, 0) is 105 Å². The van der Waals surface area contributed by atoms with Gasteiger partial charge in [0.1, 0.15) is 17.1 Å². The van der Waals surface area contributed by atoms with Crippen LogP contribution < -0.4 is 19.3 Å². The summed E-state index contributed by atoms with van der Waals surface area (Å²) in [6.07, 6.45) is 12.1. The van der Waals surface area contributed by atoms with Crippen LogP contribution in [0.3, 0.4) is 0 Å². The lowest BCUT2D eigenvalue weighted by molar-refractivity contribution is -0.208. The standard InChI is InChI=1S/C45H54NO10PS/c1-24(2)13-12-20-43(8)21-19-28-36(53-43)27(17-16-25(3)4)37-33(38(28)55-57(49,50)51)35-34-39(58-31-15-11-10-14-30(31)46-35)29-23-32-42(6,7)56-44(40(29)47,45(32,34)54-37)22-18-26(5)41(48)52-9/h10-11,13-16,18-19,21,29,32,34-35,39,46H,12,17,20,22-23H2,1-9H3,(H2,49,50,51)/b26-18-. The van der Waals surface area contributed by atoms with Crippen LogP contribution in [-0.4, -0.2) is 56.3 Å². The first-order valence-corrected chi connectivity index (χ1v) is 22.5. The number of benzene rings is 2. The largest absolute Gasteiger partial charge is 0.524 e. The highest BCUT2D eigenvalue weighted by Crippen LogP contribution is 2.75. The number of ether oxygens (including phenoxy) is 4. The number of methoxy groups -OCH3 is 1. The summed E-state index contributed by atoms with van der Waals surface area (Å²) in [5.41, 5.74) is 0.558. The molecule has 11 nitrogen and oxygen atoms in total. The molecule has 4 bridgehead atoms. The smallest absolute Gasteiger partial charge is 0.482 e. The summed E-state index contributed by atoms with van der Waals surface area (Å²) in [5, 5.41) is 3.54. The Hall–Kier alpha value is -3.80. The van der Waals surface area contributed by atoms with Crippen molar-refractivity contribution in [1.82, 2.24) is 0 Å². The molecule has 4 heterocycles. The topological polar surface area (TPSA) is 150 Å². The van der Waals surface area contributed by atoms with Gasteiger partial charge < -0.3 is 28.8 Å². The number of esters is 1. The number of ketones is 1. The molecular formula is C45H54NO10PS. The number of Topliss-reactive ketones (excluding diaryl/α,β-unsaturated/α-hetero) is 1. The molecule has 4 aliphatic heterocycles. The first-order valence-electron chi connectivity index (χ1n) is 20.1. The van der Waals surface area contributed by atoms with Crippen molar-refractivity contribution >= 4 is 43.1 Å². The summed E-state index contributed by atoms with van der Waals surface area (Å²) in [6, 6.07) is 7.28. The van der Waals surface area contributed by atoms with Crippen LogP contribution in [0.5, 0.6) is 17.2 Å². The molecule has 8 atom stereocenters. The zero-order chi connectivity index (χ0) is 41.7. The van der Waals surface area contributed by atoms with Gasteiger partial charge in [0.25, 0.3) is 0 Å². The molecule has 2 aromatic carbocycles. The van der Waals surface area contributed by atoms with Crippen molar-refractivity contribution in [2.24, 2.45) is 17.8 Å². The number of nitrogens with one attached hydrogen (secondary N) is 1. The molecule has 7 aliphatic rings. The van der Waals surface area contributed by atoms with E-state index < -0.39 is 54.1 Å². The lowest BCUT2D eigenvalue weighted by atomic mass is 9.45. The van der Waals surface area contributed by atoms with Crippen molar-refractivity contribution in [3.8, 4) is 17.2 Å². The van der Waals surface area contributed by atoms with E-state index in [0.717, 1.165) is 22.6 Å². The van der Waals surface area contributed by atoms with E-state index in [1.165, 1.54) is 12.7 Å². The molecule has 58 heavy (non-hydrogen) atoms. The summed E-state index contributed by atoms with van der Waals surface area (Å²) >= 11 is 1.64. The molecule has 3 saturated carbocycles. The van der Waals surface area contributed by atoms with Crippen LogP contribution in [0, 0.1) is 17.8 Å². The Kier molecular flexibility index (Phi) is 10.00. The van der Waals surface area contributed by atoms with Crippen LogP contribution >= 0.6 is 19.6 Å². The number of hydrogen-bond donors (Lipinski definition) is 3. The number of para-hydroxylation sites is 1. The number of carbonyl (C=O) groups excluding carboxylic acids is 2. The SMILES string of the molecule is COC(=O)/C(C)=C\CC12OC(C)(C)C3CC(C1=O)C1Sc4ccccc4NC4c5c(OP(=O)(O)O)c6c(c(CC=C(C)C)c5OC32C41)OC(C)(CCC=C(C)C)C=C6. The summed E-state index contributed by atoms with van der Waals surface area (Å²) in [5.74, 6) is -1.03. The predicted molar refractivity (Wildman–Crippen MR) is 223 cm³/mol. The third-order valence-corrected chi connectivity index (χ3v) is 15.0. The highest BCUT2D eigenvalue weighted by Gasteiger charge is 2.85. The van der Waals surface area contributed by atoms with E-state index in [4.69, 9.17) is 23.5 Å². The van der Waals surface area contributed by atoms with Crippen LogP contribution in [0.4, 0.5) is 5.69 Å². The molecule has 1 saturated heterocycles. The van der Waals surface area contributed by atoms with E-state index in [2.05, 4.69) is 31.3 Å². The van der Waals surface area contributed by atoms with Crippen LogP contribution in [0.15, 0.2) is 70.2 Å². The van der Waals surface area contributed by atoms with Crippen molar-refractivity contribution in [3.63, 3.8) is 0 Å². The molecule has 0 amide bonds. The average molecular weight is 832 g/mol. The third-order valence-electron chi connectivity index (χ3n) is 13.1. The van der Waals surface area contributed by atoms with E-state index in [-0.39, 0.29) is 29.1 Å². The third kappa shape index (κ3) is 6.32. The molecule has 0 radical (unpaired) electrons. The Morgan fingerprint density at radius 1 is 1.03 bits per heavy atom. The molecule has 9 rings (SSSR count). The van der Waals surface area contributed by atoms with Gasteiger partial charge in [0.15, 0.2) is 22.7 Å². The molecule has 310 valence electrons. The Morgan fingerprint density at radius 2 is 1.76 bits per heavy atom. The minimum atomic E-state index is -5.17. The van der Waals surface area contributed by atoms with Gasteiger partial charge in [-0.2, -0.15) is 0 Å². The van der Waals surface area contributed by atoms with Crippen molar-refractivity contribution in [3.05, 3.63) is 82.0 Å². The van der Waals surface area contributed by atoms with Crippen LogP contribution in [0.1, 0.15) is 104 Å². The Morgan fingerprint density at radius 3 is 2.45 bits per heavy atom. The molecule has 13 heteroatoms. The van der Waals surface area contributed by atoms with Gasteiger partial charge in [-0.15, -0.1) is 11.8 Å². The summed E-state index contributed by atoms with van der Waals surface area (Å²) in [4.78, 5) is 50.4. The van der Waals surface area contributed by atoms with Crippen molar-refractivity contribution in [2.45, 2.75) is 126 Å². The van der Waals surface area contributed by atoms with E-state index in [0.29, 0.717) is 53.0 Å². The zero-order valence-corrected chi connectivity index (χ0v) is 36.3. The maximum atomic E-state index is 15.5. The number of fused-ring (bicyclic) bond motifs is 4. The molecule has 2 aromatic rings. The van der Waals surface area contributed by atoms with Gasteiger partial charge >= 0.3 is 13.8 Å². The first kappa shape index (κ1) is 41.0. The lowest BCUT2D eigenvalue weighted by Crippen LogP contribution is -2.79.